The molecule has 0 aromatic heterocycles. The minimum atomic E-state index is -1.07. The Morgan fingerprint density at radius 1 is 1.46 bits per heavy atom. The molecule has 1 aromatic carbocycles. The molecule has 1 aliphatic heterocycles. The van der Waals surface area contributed by atoms with Gasteiger partial charge in [-0.25, -0.2) is 9.18 Å². The summed E-state index contributed by atoms with van der Waals surface area (Å²) in [6.45, 7) is 1.95. The van der Waals surface area contributed by atoms with Gasteiger partial charge in [0.2, 0.25) is 5.91 Å². The molecule has 9 heteroatoms. The molecule has 1 aliphatic rings. The van der Waals surface area contributed by atoms with E-state index in [1.807, 2.05) is 6.92 Å². The van der Waals surface area contributed by atoms with E-state index in [-0.39, 0.29) is 37.7 Å². The highest BCUT2D eigenvalue weighted by Crippen LogP contribution is 2.34. The van der Waals surface area contributed by atoms with Gasteiger partial charge >= 0.3 is 6.09 Å². The number of aliphatic hydroxyl groups excluding tert-OH is 2. The second kappa shape index (κ2) is 10.2. The van der Waals surface area contributed by atoms with E-state index in [9.17, 15) is 19.1 Å². The number of anilines is 2. The zero-order valence-corrected chi connectivity index (χ0v) is 16.2. The molecule has 2 amide bonds. The van der Waals surface area contributed by atoms with Crippen molar-refractivity contribution in [3.05, 3.63) is 24.0 Å². The smallest absolute Gasteiger partial charge is 0.407 e. The van der Waals surface area contributed by atoms with Crippen LogP contribution in [0.2, 0.25) is 0 Å². The highest BCUT2D eigenvalue weighted by Gasteiger charge is 2.32. The average Bonchev–Trinajstić information content (AvgIpc) is 2.68. The van der Waals surface area contributed by atoms with E-state index >= 15 is 0 Å². The number of para-hydroxylation sites is 1. The first-order chi connectivity index (χ1) is 13.4. The van der Waals surface area contributed by atoms with Gasteiger partial charge in [-0.1, -0.05) is 19.4 Å². The SMILES string of the molecule is CCCCOC(=O)N[C@H]1CCN(CC(O)CO)c2c(F)cccc2N(C)C1=O. The molecule has 8 nitrogen and oxygen atoms in total. The Labute approximate surface area is 163 Å². The number of hydrogen-bond donors (Lipinski definition) is 3. The van der Waals surface area contributed by atoms with Crippen LogP contribution in [0.15, 0.2) is 18.2 Å². The van der Waals surface area contributed by atoms with Gasteiger partial charge in [-0.2, -0.15) is 0 Å². The fraction of sp³-hybridized carbons (Fsp3) is 0.579. The summed E-state index contributed by atoms with van der Waals surface area (Å²) in [5, 5.41) is 21.6. The van der Waals surface area contributed by atoms with Gasteiger partial charge in [0, 0.05) is 20.1 Å². The number of halogens is 1. The predicted molar refractivity (Wildman–Crippen MR) is 103 cm³/mol. The zero-order valence-electron chi connectivity index (χ0n) is 16.2. The summed E-state index contributed by atoms with van der Waals surface area (Å²) in [6.07, 6.45) is 0.0483. The Morgan fingerprint density at radius 2 is 2.21 bits per heavy atom. The monoisotopic (exact) mass is 397 g/mol. The molecule has 1 heterocycles. The number of fused-ring (bicyclic) bond motifs is 1. The number of ether oxygens (including phenoxy) is 1. The van der Waals surface area contributed by atoms with Gasteiger partial charge in [-0.15, -0.1) is 0 Å². The van der Waals surface area contributed by atoms with E-state index in [1.165, 1.54) is 24.1 Å². The molecule has 0 fully saturated rings. The second-order valence-electron chi connectivity index (χ2n) is 6.76. The van der Waals surface area contributed by atoms with Crippen LogP contribution in [-0.4, -0.2) is 67.7 Å². The van der Waals surface area contributed by atoms with Crippen LogP contribution in [0.4, 0.5) is 20.6 Å². The topological polar surface area (TPSA) is 102 Å². The van der Waals surface area contributed by atoms with Crippen LogP contribution in [-0.2, 0) is 9.53 Å². The van der Waals surface area contributed by atoms with Gasteiger partial charge in [0.05, 0.1) is 30.7 Å². The molecule has 28 heavy (non-hydrogen) atoms. The average molecular weight is 397 g/mol. The number of nitrogens with zero attached hydrogens (tertiary/aromatic N) is 2. The fourth-order valence-corrected chi connectivity index (χ4v) is 3.08. The number of amides is 2. The Balaban J connectivity index is 2.26. The van der Waals surface area contributed by atoms with Gasteiger partial charge < -0.3 is 30.1 Å². The number of aliphatic hydroxyl groups is 2. The number of benzene rings is 1. The third-order valence-corrected chi connectivity index (χ3v) is 4.62. The summed E-state index contributed by atoms with van der Waals surface area (Å²) < 4.78 is 19.6. The number of rotatable bonds is 7. The standard InChI is InChI=1S/C19H28FN3O5/c1-3-4-10-28-19(27)21-15-8-9-23(11-13(25)12-24)17-14(20)6-5-7-16(17)22(2)18(15)26/h5-7,13,15,24-25H,3-4,8-12H2,1-2H3,(H,21,27)/t13?,15-/m0/s1. The number of likely N-dealkylation sites (N-methyl/N-ethyl adjacent to an activating group) is 1. The molecule has 0 spiro atoms. The number of carbonyl (C=O) groups excluding carboxylic acids is 2. The van der Waals surface area contributed by atoms with Crippen molar-refractivity contribution >= 4 is 23.4 Å². The number of β-amino-alcohol motifs (C(OH)–C–C–N with tert-alkyl or cyclic N) is 1. The molecular weight excluding hydrogens is 369 g/mol. The molecule has 0 saturated carbocycles. The number of carbonyl (C=O) groups is 2. The van der Waals surface area contributed by atoms with Crippen molar-refractivity contribution in [1.29, 1.82) is 0 Å². The molecule has 1 aromatic rings. The molecule has 1 unspecified atom stereocenters. The van der Waals surface area contributed by atoms with E-state index in [1.54, 1.807) is 11.0 Å². The molecular formula is C19H28FN3O5. The maximum absolute atomic E-state index is 14.6. The lowest BCUT2D eigenvalue weighted by atomic mass is 10.1. The van der Waals surface area contributed by atoms with Crippen molar-refractivity contribution < 1.29 is 28.9 Å². The van der Waals surface area contributed by atoms with E-state index in [2.05, 4.69) is 5.32 Å². The molecule has 2 atom stereocenters. The first-order valence-corrected chi connectivity index (χ1v) is 9.42. The van der Waals surface area contributed by atoms with Gasteiger partial charge in [0.15, 0.2) is 0 Å². The zero-order chi connectivity index (χ0) is 20.7. The minimum absolute atomic E-state index is 0.0138. The highest BCUT2D eigenvalue weighted by atomic mass is 19.1. The Bertz CT molecular complexity index is 688. The highest BCUT2D eigenvalue weighted by molar-refractivity contribution is 6.01. The molecule has 156 valence electrons. The first kappa shape index (κ1) is 21.9. The van der Waals surface area contributed by atoms with Crippen LogP contribution in [0.25, 0.3) is 0 Å². The molecule has 0 aliphatic carbocycles. The summed E-state index contributed by atoms with van der Waals surface area (Å²) in [7, 11) is 1.50. The first-order valence-electron chi connectivity index (χ1n) is 9.42. The molecule has 0 saturated heterocycles. The summed E-state index contributed by atoms with van der Waals surface area (Å²) in [4.78, 5) is 27.7. The lowest BCUT2D eigenvalue weighted by molar-refractivity contribution is -0.120. The van der Waals surface area contributed by atoms with Crippen LogP contribution >= 0.6 is 0 Å². The van der Waals surface area contributed by atoms with Crippen LogP contribution in [0, 0.1) is 5.82 Å². The molecule has 2 rings (SSSR count). The van der Waals surface area contributed by atoms with Crippen molar-refractivity contribution in [1.82, 2.24) is 5.32 Å². The lowest BCUT2D eigenvalue weighted by Crippen LogP contribution is -2.51. The molecule has 0 bridgehead atoms. The fourth-order valence-electron chi connectivity index (χ4n) is 3.08. The van der Waals surface area contributed by atoms with Crippen molar-refractivity contribution in [2.75, 3.05) is 43.2 Å². The molecule has 3 N–H and O–H groups in total. The summed E-state index contributed by atoms with van der Waals surface area (Å²) in [6, 6.07) is 3.50. The van der Waals surface area contributed by atoms with Gasteiger partial charge in [-0.3, -0.25) is 4.79 Å². The summed E-state index contributed by atoms with van der Waals surface area (Å²) >= 11 is 0. The largest absolute Gasteiger partial charge is 0.450 e. The predicted octanol–water partition coefficient (Wildman–Crippen LogP) is 1.25. The number of nitrogens with one attached hydrogen (secondary N) is 1. The van der Waals surface area contributed by atoms with E-state index < -0.39 is 30.7 Å². The summed E-state index contributed by atoms with van der Waals surface area (Å²) in [5.41, 5.74) is 0.496. The number of hydrogen-bond acceptors (Lipinski definition) is 6. The van der Waals surface area contributed by atoms with E-state index in [0.717, 1.165) is 12.8 Å². The van der Waals surface area contributed by atoms with Crippen molar-refractivity contribution in [3.63, 3.8) is 0 Å². The number of alkyl carbamates (subject to hydrolysis) is 1. The van der Waals surface area contributed by atoms with Crippen LogP contribution in [0.3, 0.4) is 0 Å². The third kappa shape index (κ3) is 5.32. The van der Waals surface area contributed by atoms with Gasteiger partial charge in [0.1, 0.15) is 11.9 Å². The Hall–Kier alpha value is -2.39. The van der Waals surface area contributed by atoms with Gasteiger partial charge in [0.25, 0.3) is 0 Å². The van der Waals surface area contributed by atoms with Crippen LogP contribution in [0.1, 0.15) is 26.2 Å². The summed E-state index contributed by atoms with van der Waals surface area (Å²) in [5.74, 6) is -0.922. The molecule has 0 radical (unpaired) electrons. The minimum Gasteiger partial charge on any atom is -0.450 e. The van der Waals surface area contributed by atoms with E-state index in [0.29, 0.717) is 5.69 Å². The van der Waals surface area contributed by atoms with Gasteiger partial charge in [-0.05, 0) is 25.0 Å². The normalized spacial score (nSPS) is 18.2. The van der Waals surface area contributed by atoms with E-state index in [4.69, 9.17) is 9.84 Å². The maximum Gasteiger partial charge on any atom is 0.407 e. The Morgan fingerprint density at radius 3 is 2.89 bits per heavy atom. The lowest BCUT2D eigenvalue weighted by Gasteiger charge is -2.36. The quantitative estimate of drug-likeness (QED) is 0.599. The van der Waals surface area contributed by atoms with Crippen molar-refractivity contribution in [2.45, 2.75) is 38.3 Å². The van der Waals surface area contributed by atoms with Crippen molar-refractivity contribution in [3.8, 4) is 0 Å². The van der Waals surface area contributed by atoms with Crippen LogP contribution in [0.5, 0.6) is 0 Å². The third-order valence-electron chi connectivity index (χ3n) is 4.62. The van der Waals surface area contributed by atoms with Crippen molar-refractivity contribution in [2.24, 2.45) is 0 Å². The maximum atomic E-state index is 14.6. The Kier molecular flexibility index (Phi) is 8.01. The number of unbranched alkanes of at least 4 members (excludes halogenated alkanes) is 1. The second-order valence-corrected chi connectivity index (χ2v) is 6.76. The van der Waals surface area contributed by atoms with Crippen LogP contribution < -0.4 is 15.1 Å².